The lowest BCUT2D eigenvalue weighted by atomic mass is 10.1. The summed E-state index contributed by atoms with van der Waals surface area (Å²) in [7, 11) is 0. The van der Waals surface area contributed by atoms with Gasteiger partial charge in [-0.1, -0.05) is 58.8 Å². The zero-order chi connectivity index (χ0) is 11.5. The maximum atomic E-state index is 5.42. The van der Waals surface area contributed by atoms with E-state index in [-0.39, 0.29) is 0 Å². The van der Waals surface area contributed by atoms with Gasteiger partial charge < -0.3 is 4.74 Å². The molecule has 15 heavy (non-hydrogen) atoms. The molecule has 0 aromatic carbocycles. The van der Waals surface area contributed by atoms with Gasteiger partial charge in [-0.3, -0.25) is 0 Å². The van der Waals surface area contributed by atoms with E-state index in [4.69, 9.17) is 4.74 Å². The van der Waals surface area contributed by atoms with Crippen LogP contribution in [0.3, 0.4) is 0 Å². The Labute approximate surface area is 95.6 Å². The average molecular weight is 210 g/mol. The lowest BCUT2D eigenvalue weighted by molar-refractivity contribution is 0.161. The number of hydrogen-bond donors (Lipinski definition) is 0. The molecule has 0 N–H and O–H groups in total. The second kappa shape index (κ2) is 10.1. The Morgan fingerprint density at radius 1 is 1.00 bits per heavy atom. The van der Waals surface area contributed by atoms with E-state index in [2.05, 4.69) is 39.5 Å². The first kappa shape index (κ1) is 14.5. The molecular formula is C14H26O. The Bertz CT molecular complexity index is 183. The van der Waals surface area contributed by atoms with Gasteiger partial charge in [0.25, 0.3) is 0 Å². The molecule has 0 spiro atoms. The van der Waals surface area contributed by atoms with E-state index in [9.17, 15) is 0 Å². The third kappa shape index (κ3) is 13.5. The van der Waals surface area contributed by atoms with Crippen LogP contribution in [-0.2, 0) is 4.74 Å². The van der Waals surface area contributed by atoms with Crippen LogP contribution >= 0.6 is 0 Å². The molecule has 0 saturated carbocycles. The summed E-state index contributed by atoms with van der Waals surface area (Å²) in [4.78, 5) is 0. The molecule has 0 radical (unpaired) electrons. The van der Waals surface area contributed by atoms with Crippen molar-refractivity contribution in [1.82, 2.24) is 0 Å². The summed E-state index contributed by atoms with van der Waals surface area (Å²) in [5, 5.41) is 0. The standard InChI is InChI=1S/C14H26O/c1-13(2)9-6-5-7-11-15-12-8-10-14(3)4/h13-14H,5-7,9,11-12H2,1-4H3. The molecule has 0 aliphatic rings. The molecule has 0 amide bonds. The molecule has 0 aliphatic carbocycles. The summed E-state index contributed by atoms with van der Waals surface area (Å²) < 4.78 is 5.42. The van der Waals surface area contributed by atoms with Gasteiger partial charge in [-0.05, 0) is 12.3 Å². The average Bonchev–Trinajstić information content (AvgIpc) is 2.14. The van der Waals surface area contributed by atoms with Gasteiger partial charge in [0.15, 0.2) is 0 Å². The number of unbranched alkanes of at least 4 members (excludes halogenated alkanes) is 2. The fourth-order valence-corrected chi connectivity index (χ4v) is 1.30. The predicted octanol–water partition coefficient (Wildman–Crippen LogP) is 3.88. The van der Waals surface area contributed by atoms with Crippen LogP contribution in [-0.4, -0.2) is 13.2 Å². The lowest BCUT2D eigenvalue weighted by Crippen LogP contribution is -1.96. The molecule has 0 fully saturated rings. The Balaban J connectivity index is 3.10. The van der Waals surface area contributed by atoms with Crippen LogP contribution in [0.15, 0.2) is 0 Å². The molecule has 0 heterocycles. The maximum Gasteiger partial charge on any atom is 0.107 e. The van der Waals surface area contributed by atoms with Crippen molar-refractivity contribution in [2.75, 3.05) is 13.2 Å². The van der Waals surface area contributed by atoms with Crippen LogP contribution in [0, 0.1) is 23.7 Å². The van der Waals surface area contributed by atoms with Crippen molar-refractivity contribution in [3.05, 3.63) is 0 Å². The first-order valence-electron chi connectivity index (χ1n) is 6.19. The van der Waals surface area contributed by atoms with E-state index in [0.717, 1.165) is 12.5 Å². The zero-order valence-corrected chi connectivity index (χ0v) is 10.8. The van der Waals surface area contributed by atoms with Crippen molar-refractivity contribution in [2.24, 2.45) is 11.8 Å². The van der Waals surface area contributed by atoms with Crippen LogP contribution in [0.4, 0.5) is 0 Å². The van der Waals surface area contributed by atoms with E-state index in [1.807, 2.05) is 0 Å². The van der Waals surface area contributed by atoms with Crippen LogP contribution in [0.5, 0.6) is 0 Å². The topological polar surface area (TPSA) is 9.23 Å². The molecule has 1 nitrogen and oxygen atoms in total. The Hall–Kier alpha value is -0.480. The largest absolute Gasteiger partial charge is 0.369 e. The van der Waals surface area contributed by atoms with Crippen LogP contribution in [0.2, 0.25) is 0 Å². The van der Waals surface area contributed by atoms with Gasteiger partial charge in [-0.2, -0.15) is 0 Å². The van der Waals surface area contributed by atoms with Gasteiger partial charge in [0, 0.05) is 12.5 Å². The van der Waals surface area contributed by atoms with Crippen LogP contribution in [0.1, 0.15) is 53.4 Å². The minimum Gasteiger partial charge on any atom is -0.369 e. The van der Waals surface area contributed by atoms with Crippen LogP contribution < -0.4 is 0 Å². The van der Waals surface area contributed by atoms with Crippen molar-refractivity contribution in [3.8, 4) is 11.8 Å². The highest BCUT2D eigenvalue weighted by Crippen LogP contribution is 2.07. The zero-order valence-electron chi connectivity index (χ0n) is 10.8. The van der Waals surface area contributed by atoms with Gasteiger partial charge in [-0.25, -0.2) is 0 Å². The summed E-state index contributed by atoms with van der Waals surface area (Å²) >= 11 is 0. The number of hydrogen-bond acceptors (Lipinski definition) is 1. The second-order valence-corrected chi connectivity index (χ2v) is 4.77. The third-order valence-corrected chi connectivity index (χ3v) is 2.14. The summed E-state index contributed by atoms with van der Waals surface area (Å²) in [6, 6.07) is 0. The lowest BCUT2D eigenvalue weighted by Gasteiger charge is -2.03. The van der Waals surface area contributed by atoms with Crippen molar-refractivity contribution in [3.63, 3.8) is 0 Å². The molecule has 0 atom stereocenters. The molecule has 0 rings (SSSR count). The van der Waals surface area contributed by atoms with Crippen molar-refractivity contribution >= 4 is 0 Å². The van der Waals surface area contributed by atoms with Gasteiger partial charge >= 0.3 is 0 Å². The van der Waals surface area contributed by atoms with Gasteiger partial charge in [0.05, 0.1) is 0 Å². The molecule has 1 heteroatoms. The summed E-state index contributed by atoms with van der Waals surface area (Å²) in [6.07, 6.45) is 5.14. The van der Waals surface area contributed by atoms with Crippen molar-refractivity contribution in [2.45, 2.75) is 53.4 Å². The van der Waals surface area contributed by atoms with Gasteiger partial charge in [0.2, 0.25) is 0 Å². The van der Waals surface area contributed by atoms with E-state index < -0.39 is 0 Å². The molecule has 0 aromatic rings. The van der Waals surface area contributed by atoms with Crippen molar-refractivity contribution in [1.29, 1.82) is 0 Å². The Kier molecular flexibility index (Phi) is 9.73. The first-order chi connectivity index (χ1) is 7.13. The Morgan fingerprint density at radius 2 is 1.73 bits per heavy atom. The third-order valence-electron chi connectivity index (χ3n) is 2.14. The predicted molar refractivity (Wildman–Crippen MR) is 66.7 cm³/mol. The molecule has 0 saturated heterocycles. The quantitative estimate of drug-likeness (QED) is 0.458. The highest BCUT2D eigenvalue weighted by atomic mass is 16.5. The fraction of sp³-hybridized carbons (Fsp3) is 0.857. The Morgan fingerprint density at radius 3 is 2.33 bits per heavy atom. The molecule has 0 aliphatic heterocycles. The number of ether oxygens (including phenoxy) is 1. The summed E-state index contributed by atoms with van der Waals surface area (Å²) in [6.45, 7) is 10.2. The van der Waals surface area contributed by atoms with E-state index in [1.165, 1.54) is 25.7 Å². The minimum atomic E-state index is 0.458. The van der Waals surface area contributed by atoms with E-state index in [0.29, 0.717) is 12.5 Å². The monoisotopic (exact) mass is 210 g/mol. The normalized spacial score (nSPS) is 10.5. The molecule has 0 bridgehead atoms. The van der Waals surface area contributed by atoms with Crippen LogP contribution in [0.25, 0.3) is 0 Å². The van der Waals surface area contributed by atoms with Gasteiger partial charge in [-0.15, -0.1) is 0 Å². The summed E-state index contributed by atoms with van der Waals surface area (Å²) in [5.74, 6) is 7.40. The number of rotatable bonds is 7. The molecular weight excluding hydrogens is 184 g/mol. The summed E-state index contributed by atoms with van der Waals surface area (Å²) in [5.41, 5.74) is 0. The smallest absolute Gasteiger partial charge is 0.107 e. The SMILES string of the molecule is CC(C)C#CCOCCCCCC(C)C. The maximum absolute atomic E-state index is 5.42. The highest BCUT2D eigenvalue weighted by Gasteiger charge is 1.93. The molecule has 88 valence electrons. The van der Waals surface area contributed by atoms with E-state index in [1.54, 1.807) is 0 Å². The van der Waals surface area contributed by atoms with Crippen molar-refractivity contribution < 1.29 is 4.74 Å². The fourth-order valence-electron chi connectivity index (χ4n) is 1.30. The highest BCUT2D eigenvalue weighted by molar-refractivity contribution is 5.01. The minimum absolute atomic E-state index is 0.458. The molecule has 0 unspecified atom stereocenters. The second-order valence-electron chi connectivity index (χ2n) is 4.77. The molecule has 0 aromatic heterocycles. The first-order valence-corrected chi connectivity index (χ1v) is 6.19. The van der Waals surface area contributed by atoms with Gasteiger partial charge in [0.1, 0.15) is 6.61 Å². The van der Waals surface area contributed by atoms with E-state index >= 15 is 0 Å².